The van der Waals surface area contributed by atoms with Crippen LogP contribution in [0.4, 0.5) is 0 Å². The number of aromatic amines is 2. The third kappa shape index (κ3) is 5.25. The lowest BCUT2D eigenvalue weighted by Gasteiger charge is -2.20. The summed E-state index contributed by atoms with van der Waals surface area (Å²) in [7, 11) is -3.87. The summed E-state index contributed by atoms with van der Waals surface area (Å²) in [4.78, 5) is 27.1. The molecule has 164 valence electrons. The lowest BCUT2D eigenvalue weighted by atomic mass is 10.1. The molecule has 0 aliphatic carbocycles. The van der Waals surface area contributed by atoms with E-state index in [-0.39, 0.29) is 36.8 Å². The van der Waals surface area contributed by atoms with Crippen LogP contribution in [0.1, 0.15) is 19.8 Å². The zero-order chi connectivity index (χ0) is 22.3. The summed E-state index contributed by atoms with van der Waals surface area (Å²) in [6.45, 7) is 0.941. The van der Waals surface area contributed by atoms with Crippen LogP contribution in [0.25, 0.3) is 21.8 Å². The number of carbonyl (C=O) groups is 1. The molecule has 0 atom stereocenters. The highest BCUT2D eigenvalue weighted by atomic mass is 32.2. The minimum atomic E-state index is -3.87. The Labute approximate surface area is 172 Å². The molecule has 0 bridgehead atoms. The van der Waals surface area contributed by atoms with Gasteiger partial charge in [-0.25, -0.2) is 8.42 Å². The minimum absolute atomic E-state index is 0.0337. The van der Waals surface area contributed by atoms with E-state index in [9.17, 15) is 18.0 Å². The number of hydrogen-bond donors (Lipinski definition) is 5. The lowest BCUT2D eigenvalue weighted by molar-refractivity contribution is -0.137. The summed E-state index contributed by atoms with van der Waals surface area (Å²) in [6.07, 6.45) is 2.64. The van der Waals surface area contributed by atoms with Crippen molar-refractivity contribution in [3.63, 3.8) is 0 Å². The van der Waals surface area contributed by atoms with Gasteiger partial charge in [0, 0.05) is 42.0 Å². The van der Waals surface area contributed by atoms with Crippen molar-refractivity contribution in [1.82, 2.24) is 14.3 Å². The van der Waals surface area contributed by atoms with Gasteiger partial charge in [0.1, 0.15) is 5.52 Å². The molecule has 0 radical (unpaired) electrons. The molecule has 10 nitrogen and oxygen atoms in total. The quantitative estimate of drug-likeness (QED) is 0.347. The fraction of sp³-hybridized carbons (Fsp3) is 0.368. The number of nitrogens with one attached hydrogen (secondary N) is 2. The topological polar surface area (TPSA) is 164 Å². The molecule has 3 aromatic rings. The first-order valence-corrected chi connectivity index (χ1v) is 10.8. The largest absolute Gasteiger partial charge is 0.481 e. The number of fused-ring (bicyclic) bond motifs is 3. The number of nitrogens with zero attached hydrogens (tertiary/aromatic N) is 1. The Balaban J connectivity index is 0.000000469. The normalized spacial score (nSPS) is 11.6. The maximum absolute atomic E-state index is 12.7. The molecule has 0 spiro atoms. The van der Waals surface area contributed by atoms with E-state index in [1.807, 2.05) is 6.92 Å². The van der Waals surface area contributed by atoms with Crippen LogP contribution in [0, 0.1) is 0 Å². The van der Waals surface area contributed by atoms with Gasteiger partial charge in [-0.15, -0.1) is 0 Å². The van der Waals surface area contributed by atoms with Crippen LogP contribution in [-0.2, 0) is 14.8 Å². The summed E-state index contributed by atoms with van der Waals surface area (Å²) in [5.41, 5.74) is 0.627. The zero-order valence-electron chi connectivity index (χ0n) is 16.5. The first kappa shape index (κ1) is 23.5. The number of carboxylic acid groups (broad SMARTS) is 1. The zero-order valence-corrected chi connectivity index (χ0v) is 17.3. The molecule has 0 saturated heterocycles. The molecule has 3 rings (SSSR count). The van der Waals surface area contributed by atoms with Gasteiger partial charge in [-0.3, -0.25) is 9.59 Å². The van der Waals surface area contributed by atoms with Crippen LogP contribution in [0.5, 0.6) is 0 Å². The van der Waals surface area contributed by atoms with Crippen molar-refractivity contribution in [2.75, 3.05) is 26.3 Å². The van der Waals surface area contributed by atoms with Gasteiger partial charge in [0.05, 0.1) is 18.1 Å². The Morgan fingerprint density at radius 3 is 2.30 bits per heavy atom. The average molecular weight is 439 g/mol. The SMILES string of the molecule is CCCC(=O)O.O=c1[nH]c2ccc(S(=O)(=O)N(CCO)CCO)cc2c2cc[nH]c12. The van der Waals surface area contributed by atoms with E-state index in [2.05, 4.69) is 9.97 Å². The molecule has 0 saturated carbocycles. The summed E-state index contributed by atoms with van der Waals surface area (Å²) in [5, 5.41) is 27.3. The Bertz CT molecular complexity index is 1160. The van der Waals surface area contributed by atoms with Crippen LogP contribution >= 0.6 is 0 Å². The molecular formula is C19H25N3O7S. The molecule has 0 unspecified atom stereocenters. The predicted molar refractivity (Wildman–Crippen MR) is 112 cm³/mol. The first-order valence-electron chi connectivity index (χ1n) is 9.33. The second-order valence-corrected chi connectivity index (χ2v) is 8.36. The van der Waals surface area contributed by atoms with Crippen molar-refractivity contribution in [1.29, 1.82) is 0 Å². The number of carboxylic acids is 1. The predicted octanol–water partition coefficient (Wildman–Crippen LogP) is 0.856. The number of benzene rings is 1. The van der Waals surface area contributed by atoms with Crippen LogP contribution in [-0.4, -0.2) is 70.3 Å². The maximum atomic E-state index is 12.7. The molecule has 11 heteroatoms. The van der Waals surface area contributed by atoms with E-state index < -0.39 is 16.0 Å². The number of aromatic nitrogens is 2. The van der Waals surface area contributed by atoms with E-state index >= 15 is 0 Å². The van der Waals surface area contributed by atoms with Gasteiger partial charge in [0.15, 0.2) is 0 Å². The lowest BCUT2D eigenvalue weighted by Crippen LogP contribution is -2.35. The standard InChI is InChI=1S/C15H17N3O5S.C4H8O2/c19-7-5-18(6-8-20)24(22,23)10-1-2-13-12(9-10)11-3-4-16-14(11)15(21)17-13;1-2-3-4(5)6/h1-4,9,16,19-20H,5-8H2,(H,17,21);2-3H2,1H3,(H,5,6). The number of aliphatic carboxylic acids is 1. The van der Waals surface area contributed by atoms with E-state index in [0.717, 1.165) is 10.7 Å². The third-order valence-corrected chi connectivity index (χ3v) is 6.20. The molecule has 1 aromatic carbocycles. The second-order valence-electron chi connectivity index (χ2n) is 6.42. The van der Waals surface area contributed by atoms with Crippen LogP contribution < -0.4 is 5.56 Å². The van der Waals surface area contributed by atoms with Gasteiger partial charge >= 0.3 is 5.97 Å². The Kier molecular flexibility index (Phi) is 8.12. The molecule has 0 amide bonds. The molecule has 0 fully saturated rings. The van der Waals surface area contributed by atoms with E-state index in [1.54, 1.807) is 12.3 Å². The fourth-order valence-corrected chi connectivity index (χ4v) is 4.37. The Morgan fingerprint density at radius 2 is 1.77 bits per heavy atom. The van der Waals surface area contributed by atoms with Crippen molar-refractivity contribution in [3.05, 3.63) is 40.8 Å². The highest BCUT2D eigenvalue weighted by Crippen LogP contribution is 2.25. The monoisotopic (exact) mass is 439 g/mol. The van der Waals surface area contributed by atoms with Gasteiger partial charge in [0.25, 0.3) is 5.56 Å². The van der Waals surface area contributed by atoms with Crippen molar-refractivity contribution < 1.29 is 28.5 Å². The van der Waals surface area contributed by atoms with Gasteiger partial charge in [0.2, 0.25) is 10.0 Å². The summed E-state index contributed by atoms with van der Waals surface area (Å²) in [5.74, 6) is -0.711. The van der Waals surface area contributed by atoms with Crippen LogP contribution in [0.15, 0.2) is 40.2 Å². The van der Waals surface area contributed by atoms with Crippen molar-refractivity contribution in [2.24, 2.45) is 0 Å². The van der Waals surface area contributed by atoms with Gasteiger partial charge < -0.3 is 25.3 Å². The molecule has 30 heavy (non-hydrogen) atoms. The number of hydrogen-bond acceptors (Lipinski definition) is 6. The molecule has 5 N–H and O–H groups in total. The van der Waals surface area contributed by atoms with E-state index in [0.29, 0.717) is 28.2 Å². The number of aliphatic hydroxyl groups excluding tert-OH is 2. The molecule has 2 heterocycles. The summed E-state index contributed by atoms with van der Waals surface area (Å²) < 4.78 is 26.5. The minimum Gasteiger partial charge on any atom is -0.481 e. The van der Waals surface area contributed by atoms with Crippen LogP contribution in [0.2, 0.25) is 0 Å². The first-order chi connectivity index (χ1) is 14.3. The third-order valence-electron chi connectivity index (χ3n) is 4.30. The van der Waals surface area contributed by atoms with Crippen molar-refractivity contribution in [2.45, 2.75) is 24.7 Å². The fourth-order valence-electron chi connectivity index (χ4n) is 2.92. The number of H-pyrrole nitrogens is 2. The van der Waals surface area contributed by atoms with Crippen molar-refractivity contribution >= 4 is 37.8 Å². The smallest absolute Gasteiger partial charge is 0.303 e. The van der Waals surface area contributed by atoms with Crippen molar-refractivity contribution in [3.8, 4) is 0 Å². The second kappa shape index (κ2) is 10.3. The number of pyridine rings is 1. The Hall–Kier alpha value is -2.73. The van der Waals surface area contributed by atoms with E-state index in [4.69, 9.17) is 15.3 Å². The van der Waals surface area contributed by atoms with E-state index in [1.165, 1.54) is 18.2 Å². The molecule has 2 aromatic heterocycles. The highest BCUT2D eigenvalue weighted by Gasteiger charge is 2.24. The molecule has 0 aliphatic heterocycles. The molecular weight excluding hydrogens is 414 g/mol. The number of rotatable bonds is 8. The average Bonchev–Trinajstić information content (AvgIpc) is 3.19. The van der Waals surface area contributed by atoms with Gasteiger partial charge in [-0.05, 0) is 30.7 Å². The number of sulfonamides is 1. The van der Waals surface area contributed by atoms with Crippen LogP contribution in [0.3, 0.4) is 0 Å². The Morgan fingerprint density at radius 1 is 1.10 bits per heavy atom. The van der Waals surface area contributed by atoms with Gasteiger partial charge in [-0.1, -0.05) is 6.92 Å². The van der Waals surface area contributed by atoms with Gasteiger partial charge in [-0.2, -0.15) is 4.31 Å². The summed E-state index contributed by atoms with van der Waals surface area (Å²) in [6, 6.07) is 6.13. The highest BCUT2D eigenvalue weighted by molar-refractivity contribution is 7.89. The number of aliphatic hydroxyl groups is 2. The molecule has 0 aliphatic rings. The summed E-state index contributed by atoms with van der Waals surface area (Å²) >= 11 is 0. The maximum Gasteiger partial charge on any atom is 0.303 e.